The maximum atomic E-state index is 12.6. The Morgan fingerprint density at radius 3 is 2.29 bits per heavy atom. The van der Waals surface area contributed by atoms with Gasteiger partial charge in [0.1, 0.15) is 5.82 Å². The number of nitrogens with one attached hydrogen (secondary N) is 3. The molecule has 0 unspecified atom stereocenters. The van der Waals surface area contributed by atoms with Crippen LogP contribution in [-0.2, 0) is 4.79 Å². The summed E-state index contributed by atoms with van der Waals surface area (Å²) in [6.07, 6.45) is 5.43. The molecule has 0 radical (unpaired) electrons. The van der Waals surface area contributed by atoms with Crippen molar-refractivity contribution in [3.05, 3.63) is 77.3 Å². The lowest BCUT2D eigenvalue weighted by Crippen LogP contribution is -2.24. The number of hydrogen-bond acceptors (Lipinski definition) is 3. The van der Waals surface area contributed by atoms with E-state index >= 15 is 0 Å². The second kappa shape index (κ2) is 9.69. The van der Waals surface area contributed by atoms with E-state index in [1.54, 1.807) is 24.3 Å². The molecule has 7 heteroatoms. The minimum Gasteiger partial charge on any atom is -0.338 e. The molecule has 0 saturated heterocycles. The lowest BCUT2D eigenvalue weighted by Gasteiger charge is -2.20. The van der Waals surface area contributed by atoms with Gasteiger partial charge < -0.3 is 15.6 Å². The molecule has 5 rings (SSSR count). The molecule has 172 valence electrons. The summed E-state index contributed by atoms with van der Waals surface area (Å²) in [5, 5.41) is 6.53. The van der Waals surface area contributed by atoms with Crippen LogP contribution in [0.4, 0.5) is 11.4 Å². The summed E-state index contributed by atoms with van der Waals surface area (Å²) in [6.45, 7) is 0. The van der Waals surface area contributed by atoms with Crippen LogP contribution in [0.3, 0.4) is 0 Å². The van der Waals surface area contributed by atoms with Gasteiger partial charge >= 0.3 is 0 Å². The largest absolute Gasteiger partial charge is 0.338 e. The summed E-state index contributed by atoms with van der Waals surface area (Å²) >= 11 is 5.89. The quantitative estimate of drug-likeness (QED) is 0.303. The van der Waals surface area contributed by atoms with Crippen molar-refractivity contribution in [1.29, 1.82) is 0 Å². The fourth-order valence-corrected chi connectivity index (χ4v) is 4.48. The zero-order valence-corrected chi connectivity index (χ0v) is 19.4. The highest BCUT2D eigenvalue weighted by molar-refractivity contribution is 6.30. The van der Waals surface area contributed by atoms with E-state index < -0.39 is 0 Å². The van der Waals surface area contributed by atoms with E-state index in [1.807, 2.05) is 42.5 Å². The number of fused-ring (bicyclic) bond motifs is 1. The van der Waals surface area contributed by atoms with E-state index in [2.05, 4.69) is 20.6 Å². The monoisotopic (exact) mass is 472 g/mol. The number of rotatable bonds is 5. The zero-order valence-electron chi connectivity index (χ0n) is 18.6. The second-order valence-corrected chi connectivity index (χ2v) is 9.12. The van der Waals surface area contributed by atoms with Crippen LogP contribution in [0.5, 0.6) is 0 Å². The van der Waals surface area contributed by atoms with Crippen LogP contribution in [0, 0.1) is 5.92 Å². The second-order valence-electron chi connectivity index (χ2n) is 8.68. The van der Waals surface area contributed by atoms with Crippen LogP contribution in [0.25, 0.3) is 22.4 Å². The molecule has 0 atom stereocenters. The molecule has 3 N–H and O–H groups in total. The standard InChI is InChI=1S/C27H25ClN4O2/c28-20-10-6-19(7-11-20)27(34)29-21-12-8-17(9-13-21)25-31-23-15-14-22(16-24(23)32-25)30-26(33)18-4-2-1-3-5-18/h6-16,18H,1-5H2,(H,29,34)(H,30,33)(H,31,32). The third-order valence-corrected chi connectivity index (χ3v) is 6.50. The van der Waals surface area contributed by atoms with Crippen LogP contribution in [-0.4, -0.2) is 21.8 Å². The van der Waals surface area contributed by atoms with Gasteiger partial charge in [0.2, 0.25) is 5.91 Å². The molecule has 2 amide bonds. The number of hydrogen-bond donors (Lipinski definition) is 3. The van der Waals surface area contributed by atoms with Crippen LogP contribution in [0.15, 0.2) is 66.7 Å². The van der Waals surface area contributed by atoms with Gasteiger partial charge in [0.25, 0.3) is 5.91 Å². The fourth-order valence-electron chi connectivity index (χ4n) is 4.35. The average Bonchev–Trinajstić information content (AvgIpc) is 3.29. The van der Waals surface area contributed by atoms with E-state index in [0.29, 0.717) is 16.3 Å². The molecule has 4 aromatic rings. The SMILES string of the molecule is O=C(Nc1ccc(-c2nc3ccc(NC(=O)C4CCCCC4)cc3[nH]2)cc1)c1ccc(Cl)cc1. The molecule has 6 nitrogen and oxygen atoms in total. The van der Waals surface area contributed by atoms with Crippen molar-refractivity contribution in [2.75, 3.05) is 10.6 Å². The van der Waals surface area contributed by atoms with Gasteiger partial charge in [-0.25, -0.2) is 4.98 Å². The first-order chi connectivity index (χ1) is 16.5. The molecule has 1 aliphatic carbocycles. The predicted octanol–water partition coefficient (Wildman–Crippen LogP) is 6.65. The van der Waals surface area contributed by atoms with Crippen molar-refractivity contribution in [3.63, 3.8) is 0 Å². The third-order valence-electron chi connectivity index (χ3n) is 6.25. The van der Waals surface area contributed by atoms with Crippen molar-refractivity contribution < 1.29 is 9.59 Å². The summed E-state index contributed by atoms with van der Waals surface area (Å²) in [5.41, 5.74) is 4.58. The van der Waals surface area contributed by atoms with Crippen molar-refractivity contribution in [3.8, 4) is 11.4 Å². The van der Waals surface area contributed by atoms with E-state index in [9.17, 15) is 9.59 Å². The van der Waals surface area contributed by atoms with E-state index in [1.165, 1.54) is 6.42 Å². The number of carbonyl (C=O) groups excluding carboxylic acids is 2. The molecular formula is C27H25ClN4O2. The summed E-state index contributed by atoms with van der Waals surface area (Å²) < 4.78 is 0. The van der Waals surface area contributed by atoms with Crippen molar-refractivity contribution in [1.82, 2.24) is 9.97 Å². The van der Waals surface area contributed by atoms with Crippen LogP contribution < -0.4 is 10.6 Å². The molecular weight excluding hydrogens is 448 g/mol. The van der Waals surface area contributed by atoms with Gasteiger partial charge in [-0.15, -0.1) is 0 Å². The van der Waals surface area contributed by atoms with E-state index in [-0.39, 0.29) is 17.7 Å². The number of benzene rings is 3. The fraction of sp³-hybridized carbons (Fsp3) is 0.222. The number of aromatic nitrogens is 2. The van der Waals surface area contributed by atoms with Gasteiger partial charge in [0.05, 0.1) is 11.0 Å². The summed E-state index contributed by atoms with van der Waals surface area (Å²) in [7, 11) is 0. The lowest BCUT2D eigenvalue weighted by atomic mass is 9.88. The number of nitrogens with zero attached hydrogens (tertiary/aromatic N) is 1. The highest BCUT2D eigenvalue weighted by Gasteiger charge is 2.21. The Kier molecular flexibility index (Phi) is 6.32. The number of carbonyl (C=O) groups is 2. The summed E-state index contributed by atoms with van der Waals surface area (Å²) in [4.78, 5) is 33.0. The minimum atomic E-state index is -0.198. The van der Waals surface area contributed by atoms with Crippen molar-refractivity contribution in [2.24, 2.45) is 5.92 Å². The summed E-state index contributed by atoms with van der Waals surface area (Å²) in [6, 6.07) is 20.0. The first-order valence-corrected chi connectivity index (χ1v) is 11.9. The Morgan fingerprint density at radius 1 is 0.853 bits per heavy atom. The number of halogens is 1. The Morgan fingerprint density at radius 2 is 1.56 bits per heavy atom. The number of H-pyrrole nitrogens is 1. The van der Waals surface area contributed by atoms with E-state index in [0.717, 1.165) is 53.8 Å². The maximum Gasteiger partial charge on any atom is 0.255 e. The first-order valence-electron chi connectivity index (χ1n) is 11.5. The highest BCUT2D eigenvalue weighted by atomic mass is 35.5. The Labute approximate surface area is 202 Å². The van der Waals surface area contributed by atoms with Crippen LogP contribution in [0.2, 0.25) is 5.02 Å². The Balaban J connectivity index is 1.27. The van der Waals surface area contributed by atoms with E-state index in [4.69, 9.17) is 11.6 Å². The number of anilines is 2. The van der Waals surface area contributed by atoms with Gasteiger partial charge in [-0.2, -0.15) is 0 Å². The minimum absolute atomic E-state index is 0.107. The average molecular weight is 473 g/mol. The molecule has 1 heterocycles. The molecule has 0 bridgehead atoms. The molecule has 0 aliphatic heterocycles. The maximum absolute atomic E-state index is 12.6. The first kappa shape index (κ1) is 22.2. The highest BCUT2D eigenvalue weighted by Crippen LogP contribution is 2.27. The number of aromatic amines is 1. The van der Waals surface area contributed by atoms with Crippen molar-refractivity contribution in [2.45, 2.75) is 32.1 Å². The Hall–Kier alpha value is -3.64. The third kappa shape index (κ3) is 4.97. The van der Waals surface area contributed by atoms with Gasteiger partial charge in [-0.05, 0) is 79.6 Å². The molecule has 1 fully saturated rings. The number of amides is 2. The van der Waals surface area contributed by atoms with Gasteiger partial charge in [-0.3, -0.25) is 9.59 Å². The zero-order chi connectivity index (χ0) is 23.5. The molecule has 1 aliphatic rings. The lowest BCUT2D eigenvalue weighted by molar-refractivity contribution is -0.120. The number of imidazole rings is 1. The molecule has 1 saturated carbocycles. The van der Waals surface area contributed by atoms with Crippen molar-refractivity contribution >= 4 is 45.8 Å². The van der Waals surface area contributed by atoms with Gasteiger partial charge in [0, 0.05) is 33.4 Å². The molecule has 1 aromatic heterocycles. The molecule has 0 spiro atoms. The van der Waals surface area contributed by atoms with Gasteiger partial charge in [-0.1, -0.05) is 30.9 Å². The topological polar surface area (TPSA) is 86.9 Å². The normalized spacial score (nSPS) is 14.1. The predicted molar refractivity (Wildman–Crippen MR) is 136 cm³/mol. The molecule has 3 aromatic carbocycles. The molecule has 34 heavy (non-hydrogen) atoms. The smallest absolute Gasteiger partial charge is 0.255 e. The van der Waals surface area contributed by atoms with Gasteiger partial charge in [0.15, 0.2) is 0 Å². The van der Waals surface area contributed by atoms with Crippen LogP contribution in [0.1, 0.15) is 42.5 Å². The Bertz CT molecular complexity index is 1320. The van der Waals surface area contributed by atoms with Crippen LogP contribution >= 0.6 is 11.6 Å². The summed E-state index contributed by atoms with van der Waals surface area (Å²) in [5.74, 6) is 0.743.